The Morgan fingerprint density at radius 2 is 1.85 bits per heavy atom. The number of nitrogens with one attached hydrogen (secondary N) is 2. The molecule has 1 amide bonds. The molecule has 0 bridgehead atoms. The molecule has 0 saturated carbocycles. The number of amides is 1. The summed E-state index contributed by atoms with van der Waals surface area (Å²) in [6.07, 6.45) is 1.86. The molecule has 0 spiro atoms. The highest BCUT2D eigenvalue weighted by molar-refractivity contribution is 5.78. The van der Waals surface area contributed by atoms with E-state index in [0.29, 0.717) is 31.4 Å². The number of aryl methyl sites for hydroxylation is 1. The van der Waals surface area contributed by atoms with Crippen LogP contribution in [-0.4, -0.2) is 47.6 Å². The van der Waals surface area contributed by atoms with Gasteiger partial charge in [-0.3, -0.25) is 9.79 Å². The van der Waals surface area contributed by atoms with Gasteiger partial charge in [0, 0.05) is 19.0 Å². The average molecular weight is 383 g/mol. The number of aromatic hydroxyl groups is 1. The average Bonchev–Trinajstić information content (AvgIpc) is 2.66. The van der Waals surface area contributed by atoms with Gasteiger partial charge in [0.15, 0.2) is 5.96 Å². The molecule has 1 aromatic rings. The Labute approximate surface area is 160 Å². The van der Waals surface area contributed by atoms with Crippen molar-refractivity contribution in [3.63, 3.8) is 0 Å². The Hall–Kier alpha value is -2.65. The SMILES string of the molecule is CC.Cc1ccc(O)cc1.NC(N)=NCCCC(CC(=O)NCC=O)NO. The molecular formula is C18H33N5O4. The van der Waals surface area contributed by atoms with Gasteiger partial charge in [-0.05, 0) is 31.9 Å². The third-order valence-corrected chi connectivity index (χ3v) is 3.04. The maximum atomic E-state index is 11.2. The number of aliphatic imine (C=N–C) groups is 1. The molecule has 0 radical (unpaired) electrons. The molecule has 1 rings (SSSR count). The van der Waals surface area contributed by atoms with E-state index in [4.69, 9.17) is 21.8 Å². The van der Waals surface area contributed by atoms with Crippen LogP contribution < -0.4 is 22.3 Å². The minimum atomic E-state index is -0.379. The van der Waals surface area contributed by atoms with Crippen molar-refractivity contribution in [1.29, 1.82) is 0 Å². The Morgan fingerprint density at radius 1 is 1.26 bits per heavy atom. The van der Waals surface area contributed by atoms with Gasteiger partial charge in [-0.2, -0.15) is 0 Å². The van der Waals surface area contributed by atoms with Crippen molar-refractivity contribution >= 4 is 18.2 Å². The lowest BCUT2D eigenvalue weighted by atomic mass is 10.1. The van der Waals surface area contributed by atoms with Gasteiger partial charge in [0.05, 0.1) is 6.54 Å². The van der Waals surface area contributed by atoms with Crippen molar-refractivity contribution in [1.82, 2.24) is 10.8 Å². The molecule has 0 aliphatic rings. The van der Waals surface area contributed by atoms with E-state index in [1.54, 1.807) is 12.1 Å². The van der Waals surface area contributed by atoms with Crippen LogP contribution in [0.4, 0.5) is 0 Å². The second kappa shape index (κ2) is 18.2. The number of phenols is 1. The summed E-state index contributed by atoms with van der Waals surface area (Å²) in [5, 5.41) is 20.0. The maximum Gasteiger partial charge on any atom is 0.222 e. The predicted molar refractivity (Wildman–Crippen MR) is 107 cm³/mol. The Balaban J connectivity index is 0. The van der Waals surface area contributed by atoms with E-state index in [-0.39, 0.29) is 30.9 Å². The van der Waals surface area contributed by atoms with E-state index in [9.17, 15) is 9.59 Å². The number of carbonyl (C=O) groups is 2. The van der Waals surface area contributed by atoms with Crippen LogP contribution in [0, 0.1) is 6.92 Å². The van der Waals surface area contributed by atoms with Gasteiger partial charge >= 0.3 is 0 Å². The molecule has 9 nitrogen and oxygen atoms in total. The summed E-state index contributed by atoms with van der Waals surface area (Å²) in [7, 11) is 0. The van der Waals surface area contributed by atoms with E-state index in [1.807, 2.05) is 38.4 Å². The van der Waals surface area contributed by atoms with Gasteiger partial charge in [0.2, 0.25) is 5.91 Å². The van der Waals surface area contributed by atoms with E-state index >= 15 is 0 Å². The number of hydrogen-bond donors (Lipinski definition) is 6. The molecule has 0 saturated heterocycles. The molecule has 0 heterocycles. The van der Waals surface area contributed by atoms with E-state index < -0.39 is 0 Å². The predicted octanol–water partition coefficient (Wildman–Crippen LogP) is 0.819. The molecule has 1 atom stereocenters. The first kappa shape index (κ1) is 26.6. The number of nitrogens with two attached hydrogens (primary N) is 2. The van der Waals surface area contributed by atoms with Gasteiger partial charge in [-0.25, -0.2) is 5.48 Å². The monoisotopic (exact) mass is 383 g/mol. The van der Waals surface area contributed by atoms with Crippen molar-refractivity contribution < 1.29 is 19.9 Å². The zero-order valence-corrected chi connectivity index (χ0v) is 16.3. The fourth-order valence-electron chi connectivity index (χ4n) is 1.75. The van der Waals surface area contributed by atoms with E-state index in [2.05, 4.69) is 10.3 Å². The molecule has 1 aromatic carbocycles. The quantitative estimate of drug-likeness (QED) is 0.121. The fourth-order valence-corrected chi connectivity index (χ4v) is 1.75. The third kappa shape index (κ3) is 18.0. The third-order valence-electron chi connectivity index (χ3n) is 3.04. The number of carbonyl (C=O) groups excluding carboxylic acids is 2. The number of hydroxylamine groups is 1. The normalized spacial score (nSPS) is 10.2. The Kier molecular flexibility index (Phi) is 17.9. The van der Waals surface area contributed by atoms with Gasteiger partial charge < -0.3 is 31.9 Å². The van der Waals surface area contributed by atoms with Crippen molar-refractivity contribution in [3.8, 4) is 5.75 Å². The number of rotatable bonds is 9. The molecule has 0 aromatic heterocycles. The van der Waals surface area contributed by atoms with Crippen molar-refractivity contribution in [3.05, 3.63) is 29.8 Å². The fraction of sp³-hybridized carbons (Fsp3) is 0.500. The molecular weight excluding hydrogens is 350 g/mol. The molecule has 154 valence electrons. The lowest BCUT2D eigenvalue weighted by molar-refractivity contribution is -0.123. The summed E-state index contributed by atoms with van der Waals surface area (Å²) < 4.78 is 0. The minimum absolute atomic E-state index is 0.0160. The van der Waals surface area contributed by atoms with Crippen molar-refractivity contribution in [2.45, 2.75) is 46.1 Å². The second-order valence-corrected chi connectivity index (χ2v) is 5.29. The number of nitrogens with zero attached hydrogens (tertiary/aromatic N) is 1. The zero-order valence-electron chi connectivity index (χ0n) is 16.3. The summed E-state index contributed by atoms with van der Waals surface area (Å²) in [6, 6.07) is 6.71. The minimum Gasteiger partial charge on any atom is -0.508 e. The standard InChI is InChI=1S/C9H19N5O3.C7H8O.C2H6/c10-9(11)13-3-1-2-7(14-17)6-8(16)12-4-5-15;1-6-2-4-7(8)5-3-6;1-2/h5,7,14,17H,1-4,6H2,(H,12,16)(H4,10,11,13);2-5,8H,1H3;1-2H3. The largest absolute Gasteiger partial charge is 0.508 e. The summed E-state index contributed by atoms with van der Waals surface area (Å²) >= 11 is 0. The summed E-state index contributed by atoms with van der Waals surface area (Å²) in [5.74, 6) is 0.0447. The first-order chi connectivity index (χ1) is 12.9. The summed E-state index contributed by atoms with van der Waals surface area (Å²) in [5.41, 5.74) is 13.5. The number of guanidine groups is 1. The van der Waals surface area contributed by atoms with Crippen LogP contribution in [0.25, 0.3) is 0 Å². The van der Waals surface area contributed by atoms with Gasteiger partial charge in [-0.1, -0.05) is 31.5 Å². The molecule has 1 unspecified atom stereocenters. The van der Waals surface area contributed by atoms with Crippen LogP contribution >= 0.6 is 0 Å². The highest BCUT2D eigenvalue weighted by Crippen LogP contribution is 2.07. The van der Waals surface area contributed by atoms with Gasteiger partial charge in [0.25, 0.3) is 0 Å². The Morgan fingerprint density at radius 3 is 2.30 bits per heavy atom. The second-order valence-electron chi connectivity index (χ2n) is 5.29. The molecule has 27 heavy (non-hydrogen) atoms. The molecule has 0 aliphatic carbocycles. The first-order valence-corrected chi connectivity index (χ1v) is 8.80. The topological polar surface area (TPSA) is 163 Å². The highest BCUT2D eigenvalue weighted by atomic mass is 16.5. The smallest absolute Gasteiger partial charge is 0.222 e. The molecule has 0 fully saturated rings. The van der Waals surface area contributed by atoms with Crippen LogP contribution in [0.15, 0.2) is 29.3 Å². The summed E-state index contributed by atoms with van der Waals surface area (Å²) in [6.45, 7) is 6.40. The molecule has 8 N–H and O–H groups in total. The maximum absolute atomic E-state index is 11.2. The highest BCUT2D eigenvalue weighted by Gasteiger charge is 2.12. The molecule has 9 heteroatoms. The van der Waals surface area contributed by atoms with Crippen LogP contribution in [0.1, 0.15) is 38.7 Å². The van der Waals surface area contributed by atoms with Crippen LogP contribution in [-0.2, 0) is 9.59 Å². The van der Waals surface area contributed by atoms with Crippen LogP contribution in [0.5, 0.6) is 5.75 Å². The van der Waals surface area contributed by atoms with Gasteiger partial charge in [-0.15, -0.1) is 0 Å². The Bertz CT molecular complexity index is 510. The van der Waals surface area contributed by atoms with Crippen LogP contribution in [0.3, 0.4) is 0 Å². The van der Waals surface area contributed by atoms with Gasteiger partial charge in [0.1, 0.15) is 12.0 Å². The summed E-state index contributed by atoms with van der Waals surface area (Å²) in [4.78, 5) is 25.0. The first-order valence-electron chi connectivity index (χ1n) is 8.80. The lowest BCUT2D eigenvalue weighted by Gasteiger charge is -2.13. The van der Waals surface area contributed by atoms with Crippen LogP contribution in [0.2, 0.25) is 0 Å². The number of benzene rings is 1. The zero-order chi connectivity index (χ0) is 21.1. The van der Waals surface area contributed by atoms with Crippen molar-refractivity contribution in [2.24, 2.45) is 16.5 Å². The number of hydrogen-bond acceptors (Lipinski definition) is 6. The molecule has 0 aliphatic heterocycles. The van der Waals surface area contributed by atoms with Crippen molar-refractivity contribution in [2.75, 3.05) is 13.1 Å². The van der Waals surface area contributed by atoms with E-state index in [0.717, 1.165) is 0 Å². The number of phenolic OH excluding ortho intramolecular Hbond substituents is 1. The number of aldehydes is 1. The lowest BCUT2D eigenvalue weighted by Crippen LogP contribution is -2.35. The van der Waals surface area contributed by atoms with E-state index in [1.165, 1.54) is 5.56 Å².